The Labute approximate surface area is 166 Å². The van der Waals surface area contributed by atoms with Gasteiger partial charge in [0.05, 0.1) is 5.60 Å². The van der Waals surface area contributed by atoms with E-state index in [9.17, 15) is 5.11 Å². The highest BCUT2D eigenvalue weighted by Crippen LogP contribution is 2.48. The molecule has 0 amide bonds. The predicted octanol–water partition coefficient (Wildman–Crippen LogP) is 4.95. The van der Waals surface area contributed by atoms with Gasteiger partial charge in [-0.15, -0.1) is 0 Å². The second kappa shape index (κ2) is 6.17. The monoisotopic (exact) mass is 369 g/mol. The summed E-state index contributed by atoms with van der Waals surface area (Å²) in [7, 11) is 0. The summed E-state index contributed by atoms with van der Waals surface area (Å²) in [5.41, 5.74) is 4.78. The zero-order valence-corrected chi connectivity index (χ0v) is 16.3. The molecular weight excluding hydrogens is 342 g/mol. The lowest BCUT2D eigenvalue weighted by atomic mass is 9.78. The molecular formula is C26H27NO. The third kappa shape index (κ3) is 2.48. The SMILES string of the molecule is OC1(c2ccc3c4c(cccc24)CC3)CC2CCC(C1)N2Cc1ccccc1. The third-order valence-corrected chi connectivity index (χ3v) is 7.50. The molecule has 142 valence electrons. The van der Waals surface area contributed by atoms with Gasteiger partial charge in [-0.3, -0.25) is 4.90 Å². The summed E-state index contributed by atoms with van der Waals surface area (Å²) in [5, 5.41) is 14.6. The number of nitrogens with zero attached hydrogens (tertiary/aromatic N) is 1. The van der Waals surface area contributed by atoms with Crippen molar-refractivity contribution < 1.29 is 5.11 Å². The van der Waals surface area contributed by atoms with Gasteiger partial charge < -0.3 is 5.11 Å². The maximum Gasteiger partial charge on any atom is 0.0932 e. The van der Waals surface area contributed by atoms with E-state index in [1.807, 2.05) is 0 Å². The number of piperidine rings is 1. The lowest BCUT2D eigenvalue weighted by molar-refractivity contribution is -0.0585. The van der Waals surface area contributed by atoms with Gasteiger partial charge in [0.15, 0.2) is 0 Å². The van der Waals surface area contributed by atoms with E-state index in [4.69, 9.17) is 0 Å². The molecule has 0 radical (unpaired) electrons. The molecule has 2 atom stereocenters. The Balaban J connectivity index is 1.36. The van der Waals surface area contributed by atoms with Crippen molar-refractivity contribution in [3.05, 3.63) is 82.9 Å². The van der Waals surface area contributed by atoms with Crippen LogP contribution in [0.2, 0.25) is 0 Å². The summed E-state index contributed by atoms with van der Waals surface area (Å²) in [5.74, 6) is 0. The van der Waals surface area contributed by atoms with Gasteiger partial charge in [0.1, 0.15) is 0 Å². The Kier molecular flexibility index (Phi) is 3.69. The van der Waals surface area contributed by atoms with E-state index in [0.29, 0.717) is 12.1 Å². The topological polar surface area (TPSA) is 23.5 Å². The normalized spacial score (nSPS) is 28.9. The van der Waals surface area contributed by atoms with E-state index in [-0.39, 0.29) is 0 Å². The van der Waals surface area contributed by atoms with Gasteiger partial charge >= 0.3 is 0 Å². The molecule has 3 aliphatic rings. The summed E-state index contributed by atoms with van der Waals surface area (Å²) in [4.78, 5) is 2.66. The number of aliphatic hydroxyl groups is 1. The Morgan fingerprint density at radius 3 is 2.29 bits per heavy atom. The Hall–Kier alpha value is -2.16. The molecule has 2 heteroatoms. The number of benzene rings is 3. The molecule has 1 aliphatic carbocycles. The second-order valence-electron chi connectivity index (χ2n) is 9.09. The summed E-state index contributed by atoms with van der Waals surface area (Å²) >= 11 is 0. The van der Waals surface area contributed by atoms with Gasteiger partial charge in [-0.05, 0) is 71.6 Å². The van der Waals surface area contributed by atoms with Crippen LogP contribution in [0.1, 0.15) is 47.9 Å². The first kappa shape index (κ1) is 16.8. The van der Waals surface area contributed by atoms with Crippen LogP contribution in [0.25, 0.3) is 10.8 Å². The highest BCUT2D eigenvalue weighted by Gasteiger charge is 2.48. The van der Waals surface area contributed by atoms with Gasteiger partial charge in [-0.2, -0.15) is 0 Å². The summed E-state index contributed by atoms with van der Waals surface area (Å²) < 4.78 is 0. The minimum absolute atomic E-state index is 0.479. The molecule has 3 aromatic carbocycles. The number of hydrogen-bond donors (Lipinski definition) is 1. The van der Waals surface area contributed by atoms with Crippen molar-refractivity contribution in [3.8, 4) is 0 Å². The van der Waals surface area contributed by atoms with E-state index in [1.165, 1.54) is 45.9 Å². The van der Waals surface area contributed by atoms with Crippen LogP contribution in [0.4, 0.5) is 0 Å². The van der Waals surface area contributed by atoms with Crippen molar-refractivity contribution in [1.82, 2.24) is 4.90 Å². The number of fused-ring (bicyclic) bond motifs is 2. The smallest absolute Gasteiger partial charge is 0.0932 e. The minimum atomic E-state index is -0.696. The van der Waals surface area contributed by atoms with Gasteiger partial charge in [0, 0.05) is 18.6 Å². The molecule has 0 saturated carbocycles. The molecule has 6 rings (SSSR count). The quantitative estimate of drug-likeness (QED) is 0.706. The van der Waals surface area contributed by atoms with E-state index in [2.05, 4.69) is 65.6 Å². The average Bonchev–Trinajstić information content (AvgIpc) is 3.24. The molecule has 0 spiro atoms. The van der Waals surface area contributed by atoms with Crippen LogP contribution in [-0.4, -0.2) is 22.1 Å². The van der Waals surface area contributed by atoms with Crippen LogP contribution >= 0.6 is 0 Å². The Bertz CT molecular complexity index is 1020. The number of aryl methyl sites for hydroxylation is 2. The summed E-state index contributed by atoms with van der Waals surface area (Å²) in [6, 6.07) is 22.9. The molecule has 0 aromatic heterocycles. The molecule has 1 N–H and O–H groups in total. The molecule has 2 saturated heterocycles. The van der Waals surface area contributed by atoms with Crippen molar-refractivity contribution >= 4 is 10.8 Å². The Morgan fingerprint density at radius 2 is 1.54 bits per heavy atom. The maximum atomic E-state index is 11.9. The van der Waals surface area contributed by atoms with Crippen LogP contribution < -0.4 is 0 Å². The van der Waals surface area contributed by atoms with Gasteiger partial charge in [0.25, 0.3) is 0 Å². The molecule has 2 fully saturated rings. The van der Waals surface area contributed by atoms with Gasteiger partial charge in [0.2, 0.25) is 0 Å². The Morgan fingerprint density at radius 1 is 0.821 bits per heavy atom. The first-order valence-corrected chi connectivity index (χ1v) is 10.8. The first-order valence-electron chi connectivity index (χ1n) is 10.8. The van der Waals surface area contributed by atoms with E-state index in [1.54, 1.807) is 0 Å². The fraction of sp³-hybridized carbons (Fsp3) is 0.385. The first-order chi connectivity index (χ1) is 13.7. The van der Waals surface area contributed by atoms with Crippen molar-refractivity contribution in [3.63, 3.8) is 0 Å². The maximum absolute atomic E-state index is 11.9. The van der Waals surface area contributed by atoms with Crippen molar-refractivity contribution in [2.75, 3.05) is 0 Å². The van der Waals surface area contributed by atoms with Crippen LogP contribution in [0.5, 0.6) is 0 Å². The van der Waals surface area contributed by atoms with Gasteiger partial charge in [-0.1, -0.05) is 60.7 Å². The summed E-state index contributed by atoms with van der Waals surface area (Å²) in [6.07, 6.45) is 6.42. The lowest BCUT2D eigenvalue weighted by Crippen LogP contribution is -2.49. The molecule has 2 bridgehead atoms. The molecule has 3 aromatic rings. The van der Waals surface area contributed by atoms with Crippen LogP contribution in [0.3, 0.4) is 0 Å². The van der Waals surface area contributed by atoms with Crippen LogP contribution in [0, 0.1) is 0 Å². The zero-order chi connectivity index (χ0) is 18.7. The van der Waals surface area contributed by atoms with Crippen LogP contribution in [-0.2, 0) is 25.0 Å². The fourth-order valence-electron chi connectivity index (χ4n) is 6.24. The van der Waals surface area contributed by atoms with E-state index in [0.717, 1.165) is 32.2 Å². The average molecular weight is 370 g/mol. The minimum Gasteiger partial charge on any atom is -0.385 e. The highest BCUT2D eigenvalue weighted by molar-refractivity contribution is 5.93. The number of rotatable bonds is 3. The second-order valence-corrected chi connectivity index (χ2v) is 9.09. The molecule has 28 heavy (non-hydrogen) atoms. The van der Waals surface area contributed by atoms with Crippen LogP contribution in [0.15, 0.2) is 60.7 Å². The third-order valence-electron chi connectivity index (χ3n) is 7.50. The van der Waals surface area contributed by atoms with Crippen molar-refractivity contribution in [2.45, 2.75) is 62.8 Å². The van der Waals surface area contributed by atoms with Crippen molar-refractivity contribution in [1.29, 1.82) is 0 Å². The van der Waals surface area contributed by atoms with Gasteiger partial charge in [-0.25, -0.2) is 0 Å². The molecule has 2 heterocycles. The predicted molar refractivity (Wildman–Crippen MR) is 113 cm³/mol. The largest absolute Gasteiger partial charge is 0.385 e. The standard InChI is InChI=1S/C26H27NO/c28-26(24-14-11-20-10-9-19-7-4-8-23(24)25(19)20)15-21-12-13-22(16-26)27(21)17-18-5-2-1-3-6-18/h1-8,11,14,21-22,28H,9-10,12-13,15-17H2. The lowest BCUT2D eigenvalue weighted by Gasteiger charge is -2.44. The van der Waals surface area contributed by atoms with E-state index >= 15 is 0 Å². The highest BCUT2D eigenvalue weighted by atomic mass is 16.3. The van der Waals surface area contributed by atoms with E-state index < -0.39 is 5.60 Å². The fourth-order valence-corrected chi connectivity index (χ4v) is 6.24. The molecule has 2 nitrogen and oxygen atoms in total. The molecule has 2 aliphatic heterocycles. The number of hydrogen-bond acceptors (Lipinski definition) is 2. The zero-order valence-electron chi connectivity index (χ0n) is 16.3. The van der Waals surface area contributed by atoms with Crippen molar-refractivity contribution in [2.24, 2.45) is 0 Å². The summed E-state index contributed by atoms with van der Waals surface area (Å²) in [6.45, 7) is 1.01. The molecule has 2 unspecified atom stereocenters.